The number of halogens is 3. The van der Waals surface area contributed by atoms with Crippen molar-refractivity contribution in [2.75, 3.05) is 24.7 Å². The minimum absolute atomic E-state index is 0.0404. The largest absolute Gasteiger partial charge is 0.417 e. The maximum Gasteiger partial charge on any atom is 0.417 e. The van der Waals surface area contributed by atoms with Crippen LogP contribution in [-0.2, 0) is 20.7 Å². The van der Waals surface area contributed by atoms with Crippen molar-refractivity contribution in [3.63, 3.8) is 0 Å². The van der Waals surface area contributed by atoms with Gasteiger partial charge in [0.05, 0.1) is 24.2 Å². The van der Waals surface area contributed by atoms with Crippen LogP contribution in [0, 0.1) is 6.92 Å². The summed E-state index contributed by atoms with van der Waals surface area (Å²) in [5.41, 5.74) is 3.06. The van der Waals surface area contributed by atoms with Gasteiger partial charge in [-0.05, 0) is 31.9 Å². The monoisotopic (exact) mass is 369 g/mol. The van der Waals surface area contributed by atoms with Crippen molar-refractivity contribution in [2.45, 2.75) is 38.1 Å². The minimum atomic E-state index is -4.66. The van der Waals surface area contributed by atoms with E-state index in [1.165, 1.54) is 4.90 Å². The molecule has 0 radical (unpaired) electrons. The normalized spacial score (nSPS) is 23.9. The number of imidazole rings is 1. The Morgan fingerprint density at radius 2 is 2.08 bits per heavy atom. The lowest BCUT2D eigenvalue weighted by Crippen LogP contribution is -2.56. The Morgan fingerprint density at radius 3 is 2.85 bits per heavy atom. The predicted octanol–water partition coefficient (Wildman–Crippen LogP) is 2.50. The first-order valence-corrected chi connectivity index (χ1v) is 8.46. The van der Waals surface area contributed by atoms with Gasteiger partial charge in [-0.3, -0.25) is 4.79 Å². The molecule has 1 N–H and O–H groups in total. The van der Waals surface area contributed by atoms with Crippen LogP contribution >= 0.6 is 0 Å². The Kier molecular flexibility index (Phi) is 4.15. The van der Waals surface area contributed by atoms with Gasteiger partial charge in [-0.25, -0.2) is 4.98 Å². The van der Waals surface area contributed by atoms with Crippen LogP contribution in [0.15, 0.2) is 12.1 Å². The van der Waals surface area contributed by atoms with Crippen LogP contribution in [-0.4, -0.2) is 54.0 Å². The van der Waals surface area contributed by atoms with Gasteiger partial charge >= 0.3 is 6.18 Å². The number of ether oxygens (including phenoxy) is 2. The molecule has 1 saturated heterocycles. The molecular weight excluding hydrogens is 351 g/mol. The molecule has 2 aromatic rings. The van der Waals surface area contributed by atoms with E-state index in [2.05, 4.69) is 9.97 Å². The van der Waals surface area contributed by atoms with Gasteiger partial charge in [-0.1, -0.05) is 0 Å². The number of anilines is 1. The van der Waals surface area contributed by atoms with Crippen molar-refractivity contribution < 1.29 is 27.4 Å². The van der Waals surface area contributed by atoms with Crippen LogP contribution in [0.5, 0.6) is 0 Å². The molecule has 1 fully saturated rings. The molecule has 0 aliphatic carbocycles. The third-order valence-electron chi connectivity index (χ3n) is 4.74. The second kappa shape index (κ2) is 6.24. The molecule has 26 heavy (non-hydrogen) atoms. The van der Waals surface area contributed by atoms with Crippen molar-refractivity contribution in [1.82, 2.24) is 9.97 Å². The van der Waals surface area contributed by atoms with Gasteiger partial charge in [0.25, 0.3) is 5.91 Å². The molecule has 1 aromatic heterocycles. The fourth-order valence-corrected chi connectivity index (χ4v) is 3.65. The van der Waals surface area contributed by atoms with Crippen LogP contribution in [0.1, 0.15) is 17.8 Å². The van der Waals surface area contributed by atoms with Crippen molar-refractivity contribution in [1.29, 1.82) is 0 Å². The zero-order valence-corrected chi connectivity index (χ0v) is 14.1. The zero-order chi connectivity index (χ0) is 18.5. The highest BCUT2D eigenvalue weighted by molar-refractivity contribution is 6.00. The lowest BCUT2D eigenvalue weighted by molar-refractivity contribution is -0.272. The molecule has 0 unspecified atom stereocenters. The van der Waals surface area contributed by atoms with Gasteiger partial charge in [0, 0.05) is 17.8 Å². The summed E-state index contributed by atoms with van der Waals surface area (Å²) in [5.74, 6) is 0.0255. The smallest absolute Gasteiger partial charge is 0.363 e. The minimum Gasteiger partial charge on any atom is -0.363 e. The molecule has 0 bridgehead atoms. The second-order valence-corrected chi connectivity index (χ2v) is 6.50. The summed E-state index contributed by atoms with van der Waals surface area (Å²) >= 11 is 0. The summed E-state index contributed by atoms with van der Waals surface area (Å²) in [6.07, 6.45) is -7.24. The average molecular weight is 369 g/mol. The number of aryl methyl sites for hydroxylation is 2. The molecular formula is C17H18F3N3O3. The first-order chi connectivity index (χ1) is 12.4. The Bertz CT molecular complexity index is 849. The van der Waals surface area contributed by atoms with Crippen molar-refractivity contribution in [3.05, 3.63) is 23.5 Å². The molecule has 2 aliphatic rings. The number of nitrogens with one attached hydrogen (secondary N) is 1. The summed E-state index contributed by atoms with van der Waals surface area (Å²) in [7, 11) is 0. The third kappa shape index (κ3) is 2.84. The molecule has 0 spiro atoms. The van der Waals surface area contributed by atoms with Crippen molar-refractivity contribution in [3.8, 4) is 0 Å². The molecule has 2 atom stereocenters. The third-order valence-corrected chi connectivity index (χ3v) is 4.74. The fraction of sp³-hybridized carbons (Fsp3) is 0.529. The molecule has 9 heteroatoms. The van der Waals surface area contributed by atoms with Gasteiger partial charge < -0.3 is 19.4 Å². The van der Waals surface area contributed by atoms with Crippen LogP contribution in [0.25, 0.3) is 11.0 Å². The van der Waals surface area contributed by atoms with E-state index in [0.29, 0.717) is 25.1 Å². The maximum absolute atomic E-state index is 13.2. The first-order valence-electron chi connectivity index (χ1n) is 8.46. The number of aromatic amines is 1. The van der Waals surface area contributed by atoms with Gasteiger partial charge in [-0.2, -0.15) is 13.2 Å². The Balaban J connectivity index is 1.71. The molecule has 4 rings (SSSR count). The Hall–Kier alpha value is -2.13. The van der Waals surface area contributed by atoms with Gasteiger partial charge in [0.2, 0.25) is 0 Å². The maximum atomic E-state index is 13.2. The van der Waals surface area contributed by atoms with E-state index >= 15 is 0 Å². The number of amides is 1. The lowest BCUT2D eigenvalue weighted by Gasteiger charge is -2.37. The summed E-state index contributed by atoms with van der Waals surface area (Å²) in [6.45, 7) is 1.95. The van der Waals surface area contributed by atoms with E-state index in [1.54, 1.807) is 12.1 Å². The topological polar surface area (TPSA) is 67.5 Å². The fourth-order valence-electron chi connectivity index (χ4n) is 3.65. The second-order valence-electron chi connectivity index (χ2n) is 6.50. The number of nitrogens with zero attached hydrogens (tertiary/aromatic N) is 2. The molecule has 1 aromatic carbocycles. The van der Waals surface area contributed by atoms with E-state index in [4.69, 9.17) is 9.47 Å². The Morgan fingerprint density at radius 1 is 1.31 bits per heavy atom. The van der Waals surface area contributed by atoms with Crippen LogP contribution in [0.4, 0.5) is 18.9 Å². The van der Waals surface area contributed by atoms with Gasteiger partial charge in [0.15, 0.2) is 12.2 Å². The molecule has 6 nitrogen and oxygen atoms in total. The number of hydrogen-bond donors (Lipinski definition) is 1. The highest BCUT2D eigenvalue weighted by Gasteiger charge is 2.52. The summed E-state index contributed by atoms with van der Waals surface area (Å²) < 4.78 is 49.7. The summed E-state index contributed by atoms with van der Waals surface area (Å²) in [5, 5.41) is 0. The van der Waals surface area contributed by atoms with E-state index in [-0.39, 0.29) is 13.2 Å². The predicted molar refractivity (Wildman–Crippen MR) is 87.0 cm³/mol. The number of fused-ring (bicyclic) bond motifs is 3. The number of alkyl halides is 3. The average Bonchev–Trinajstić information content (AvgIpc) is 3.00. The van der Waals surface area contributed by atoms with Gasteiger partial charge in [0.1, 0.15) is 5.82 Å². The first kappa shape index (κ1) is 17.3. The van der Waals surface area contributed by atoms with E-state index in [0.717, 1.165) is 22.4 Å². The van der Waals surface area contributed by atoms with E-state index in [9.17, 15) is 18.0 Å². The Labute approximate surface area is 147 Å². The number of carbonyl (C=O) groups excluding carboxylic acids is 1. The number of H-pyrrole nitrogens is 1. The molecule has 140 valence electrons. The van der Waals surface area contributed by atoms with Crippen LogP contribution in [0.3, 0.4) is 0 Å². The molecule has 1 amide bonds. The molecule has 3 heterocycles. The van der Waals surface area contributed by atoms with Crippen LogP contribution in [0.2, 0.25) is 0 Å². The van der Waals surface area contributed by atoms with Gasteiger partial charge in [-0.15, -0.1) is 0 Å². The standard InChI is InChI=1S/C17H18F3N3O3/c1-9-21-11-4-5-12-10(13(11)22-9)3-2-6-23(12)16(24)14-15(17(18,19)20)26-8-7-25-14/h4-5,14-15H,2-3,6-8H2,1H3,(H,21,22)/t14-,15+/m1/s1. The summed E-state index contributed by atoms with van der Waals surface area (Å²) in [6, 6.07) is 3.54. The molecule has 0 saturated carbocycles. The van der Waals surface area contributed by atoms with Crippen molar-refractivity contribution >= 4 is 22.6 Å². The van der Waals surface area contributed by atoms with Crippen molar-refractivity contribution in [2.24, 2.45) is 0 Å². The number of rotatable bonds is 1. The highest BCUT2D eigenvalue weighted by atomic mass is 19.4. The zero-order valence-electron chi connectivity index (χ0n) is 14.1. The highest BCUT2D eigenvalue weighted by Crippen LogP contribution is 2.35. The number of benzene rings is 1. The van der Waals surface area contributed by atoms with E-state index in [1.807, 2.05) is 6.92 Å². The quantitative estimate of drug-likeness (QED) is 0.839. The number of carbonyl (C=O) groups is 1. The van der Waals surface area contributed by atoms with E-state index < -0.39 is 24.3 Å². The molecule has 2 aliphatic heterocycles. The van der Waals surface area contributed by atoms with Crippen LogP contribution < -0.4 is 4.90 Å². The SMILES string of the molecule is Cc1nc2c3c(ccc2[nH]1)N(C(=O)[C@@H]1OCCO[C@@H]1C(F)(F)F)CCC3. The summed E-state index contributed by atoms with van der Waals surface area (Å²) in [4.78, 5) is 21.9. The lowest BCUT2D eigenvalue weighted by atomic mass is 9.98. The number of hydrogen-bond acceptors (Lipinski definition) is 4. The number of aromatic nitrogens is 2.